The number of carbonyl (C=O) groups is 1. The number of nitrogens with zero attached hydrogens (tertiary/aromatic N) is 1. The van der Waals surface area contributed by atoms with Gasteiger partial charge in [0.15, 0.2) is 0 Å². The first-order valence-electron chi connectivity index (χ1n) is 8.27. The van der Waals surface area contributed by atoms with E-state index in [1.54, 1.807) is 35.2 Å². The van der Waals surface area contributed by atoms with Gasteiger partial charge in [-0.2, -0.15) is 0 Å². The second kappa shape index (κ2) is 8.93. The number of hydrogen-bond donors (Lipinski definition) is 2. The Morgan fingerprint density at radius 3 is 2.67 bits per heavy atom. The Balaban J connectivity index is 0.00000261. The Kier molecular flexibility index (Phi) is 7.11. The molecular formula is C18H21Cl2N3O3S. The molecule has 27 heavy (non-hydrogen) atoms. The highest BCUT2D eigenvalue weighted by molar-refractivity contribution is 7.92. The molecule has 0 radical (unpaired) electrons. The van der Waals surface area contributed by atoms with Gasteiger partial charge in [-0.05, 0) is 43.3 Å². The maximum atomic E-state index is 12.8. The van der Waals surface area contributed by atoms with Crippen LogP contribution < -0.4 is 10.0 Å². The van der Waals surface area contributed by atoms with Gasteiger partial charge in [0.1, 0.15) is 0 Å². The molecule has 2 aromatic carbocycles. The van der Waals surface area contributed by atoms with E-state index < -0.39 is 10.0 Å². The van der Waals surface area contributed by atoms with Crippen molar-refractivity contribution in [2.24, 2.45) is 0 Å². The van der Waals surface area contributed by atoms with E-state index in [-0.39, 0.29) is 29.3 Å². The number of piperazine rings is 1. The van der Waals surface area contributed by atoms with Crippen LogP contribution in [0.4, 0.5) is 5.69 Å². The third kappa shape index (κ3) is 5.13. The molecule has 0 aliphatic carbocycles. The summed E-state index contributed by atoms with van der Waals surface area (Å²) in [4.78, 5) is 14.5. The van der Waals surface area contributed by atoms with Crippen LogP contribution in [-0.4, -0.2) is 44.9 Å². The van der Waals surface area contributed by atoms with Crippen LogP contribution in [0.25, 0.3) is 0 Å². The van der Waals surface area contributed by atoms with Crippen LogP contribution >= 0.6 is 24.0 Å². The van der Waals surface area contributed by atoms with Crippen LogP contribution in [0.3, 0.4) is 0 Å². The summed E-state index contributed by atoms with van der Waals surface area (Å²) in [5, 5.41) is 3.66. The number of amides is 1. The molecule has 0 unspecified atom stereocenters. The van der Waals surface area contributed by atoms with E-state index in [2.05, 4.69) is 10.0 Å². The first-order valence-corrected chi connectivity index (χ1v) is 10.1. The fourth-order valence-electron chi connectivity index (χ4n) is 2.87. The van der Waals surface area contributed by atoms with E-state index in [1.807, 2.05) is 6.92 Å². The van der Waals surface area contributed by atoms with Crippen LogP contribution in [0.15, 0.2) is 53.4 Å². The largest absolute Gasteiger partial charge is 0.333 e. The Labute approximate surface area is 170 Å². The van der Waals surface area contributed by atoms with Crippen LogP contribution in [-0.2, 0) is 10.0 Å². The Hall–Kier alpha value is -1.80. The Bertz CT molecular complexity index is 922. The average molecular weight is 430 g/mol. The minimum atomic E-state index is -3.82. The second-order valence-electron chi connectivity index (χ2n) is 6.20. The number of carbonyl (C=O) groups excluding carboxylic acids is 1. The molecule has 1 aliphatic rings. The molecule has 3 rings (SSSR count). The summed E-state index contributed by atoms with van der Waals surface area (Å²) in [6, 6.07) is 12.6. The summed E-state index contributed by atoms with van der Waals surface area (Å²) in [5.74, 6) is -0.168. The Morgan fingerprint density at radius 2 is 1.96 bits per heavy atom. The molecule has 2 aromatic rings. The minimum absolute atomic E-state index is 0. The Morgan fingerprint density at radius 1 is 1.22 bits per heavy atom. The van der Waals surface area contributed by atoms with Gasteiger partial charge in [-0.25, -0.2) is 8.42 Å². The van der Waals surface area contributed by atoms with Gasteiger partial charge in [-0.15, -0.1) is 12.4 Å². The van der Waals surface area contributed by atoms with Crippen molar-refractivity contribution >= 4 is 45.6 Å². The zero-order valence-electron chi connectivity index (χ0n) is 14.7. The number of rotatable bonds is 4. The smallest absolute Gasteiger partial charge is 0.261 e. The molecule has 9 heteroatoms. The fraction of sp³-hybridized carbons (Fsp3) is 0.278. The van der Waals surface area contributed by atoms with E-state index in [4.69, 9.17) is 11.6 Å². The second-order valence-corrected chi connectivity index (χ2v) is 8.31. The van der Waals surface area contributed by atoms with E-state index in [0.717, 1.165) is 13.1 Å². The van der Waals surface area contributed by atoms with Gasteiger partial charge in [0.25, 0.3) is 15.9 Å². The number of anilines is 1. The maximum Gasteiger partial charge on any atom is 0.261 e. The molecule has 1 aliphatic heterocycles. The lowest BCUT2D eigenvalue weighted by Crippen LogP contribution is -2.52. The molecule has 146 valence electrons. The minimum Gasteiger partial charge on any atom is -0.333 e. The summed E-state index contributed by atoms with van der Waals surface area (Å²) in [6.07, 6.45) is 0. The lowest BCUT2D eigenvalue weighted by Gasteiger charge is -2.34. The van der Waals surface area contributed by atoms with Crippen molar-refractivity contribution in [3.05, 3.63) is 59.1 Å². The van der Waals surface area contributed by atoms with Gasteiger partial charge >= 0.3 is 0 Å². The lowest BCUT2D eigenvalue weighted by molar-refractivity contribution is 0.0655. The topological polar surface area (TPSA) is 78.5 Å². The van der Waals surface area contributed by atoms with Crippen molar-refractivity contribution in [2.75, 3.05) is 24.4 Å². The van der Waals surface area contributed by atoms with Crippen molar-refractivity contribution < 1.29 is 13.2 Å². The number of nitrogens with one attached hydrogen (secondary N) is 2. The van der Waals surface area contributed by atoms with Gasteiger partial charge in [0.2, 0.25) is 0 Å². The van der Waals surface area contributed by atoms with E-state index in [1.165, 1.54) is 18.2 Å². The SMILES string of the molecule is C[C@H]1CNCCN1C(=O)c1cccc(S(=O)(=O)Nc2cccc(Cl)c2)c1.Cl. The fourth-order valence-corrected chi connectivity index (χ4v) is 4.16. The summed E-state index contributed by atoms with van der Waals surface area (Å²) in [6.45, 7) is 4.01. The third-order valence-electron chi connectivity index (χ3n) is 4.23. The number of hydrogen-bond acceptors (Lipinski definition) is 4. The lowest BCUT2D eigenvalue weighted by atomic mass is 10.1. The first kappa shape index (κ1) is 21.5. The molecule has 2 N–H and O–H groups in total. The first-order chi connectivity index (χ1) is 12.4. The number of halogens is 2. The summed E-state index contributed by atoms with van der Waals surface area (Å²) >= 11 is 5.90. The van der Waals surface area contributed by atoms with Crippen molar-refractivity contribution in [3.8, 4) is 0 Å². The van der Waals surface area contributed by atoms with Gasteiger partial charge in [0, 0.05) is 36.3 Å². The molecule has 1 fully saturated rings. The average Bonchev–Trinajstić information content (AvgIpc) is 2.61. The summed E-state index contributed by atoms with van der Waals surface area (Å²) in [7, 11) is -3.82. The summed E-state index contributed by atoms with van der Waals surface area (Å²) in [5.41, 5.74) is 0.720. The van der Waals surface area contributed by atoms with Gasteiger partial charge < -0.3 is 10.2 Å². The van der Waals surface area contributed by atoms with Crippen LogP contribution in [0, 0.1) is 0 Å². The summed E-state index contributed by atoms with van der Waals surface area (Å²) < 4.78 is 27.8. The van der Waals surface area contributed by atoms with Gasteiger partial charge in [-0.1, -0.05) is 23.7 Å². The van der Waals surface area contributed by atoms with Crippen LogP contribution in [0.1, 0.15) is 17.3 Å². The highest BCUT2D eigenvalue weighted by Crippen LogP contribution is 2.21. The van der Waals surface area contributed by atoms with E-state index in [0.29, 0.717) is 22.8 Å². The van der Waals surface area contributed by atoms with Gasteiger partial charge in [0.05, 0.1) is 10.6 Å². The predicted octanol–water partition coefficient (Wildman–Crippen LogP) is 3.00. The highest BCUT2D eigenvalue weighted by Gasteiger charge is 2.25. The molecule has 1 heterocycles. The molecular weight excluding hydrogens is 409 g/mol. The molecule has 1 atom stereocenters. The molecule has 0 aromatic heterocycles. The molecule has 1 saturated heterocycles. The maximum absolute atomic E-state index is 12.8. The highest BCUT2D eigenvalue weighted by atomic mass is 35.5. The molecule has 6 nitrogen and oxygen atoms in total. The van der Waals surface area contributed by atoms with Crippen molar-refractivity contribution in [1.82, 2.24) is 10.2 Å². The van der Waals surface area contributed by atoms with Crippen LogP contribution in [0.2, 0.25) is 5.02 Å². The predicted molar refractivity (Wildman–Crippen MR) is 109 cm³/mol. The normalized spacial score (nSPS) is 17.1. The molecule has 0 spiro atoms. The zero-order valence-corrected chi connectivity index (χ0v) is 17.1. The number of benzene rings is 2. The quantitative estimate of drug-likeness (QED) is 0.782. The van der Waals surface area contributed by atoms with E-state index in [9.17, 15) is 13.2 Å². The molecule has 0 bridgehead atoms. The van der Waals surface area contributed by atoms with Gasteiger partial charge in [-0.3, -0.25) is 9.52 Å². The van der Waals surface area contributed by atoms with Crippen molar-refractivity contribution in [3.63, 3.8) is 0 Å². The van der Waals surface area contributed by atoms with Crippen molar-refractivity contribution in [2.45, 2.75) is 17.9 Å². The molecule has 1 amide bonds. The zero-order chi connectivity index (χ0) is 18.7. The standard InChI is InChI=1S/C18H20ClN3O3S.ClH/c1-13-12-20-8-9-22(13)18(23)14-4-2-7-17(10-14)26(24,25)21-16-6-3-5-15(19)11-16;/h2-7,10-11,13,20-21H,8-9,12H2,1H3;1H/t13-;/m0./s1. The molecule has 0 saturated carbocycles. The van der Waals surface area contributed by atoms with Crippen LogP contribution in [0.5, 0.6) is 0 Å². The monoisotopic (exact) mass is 429 g/mol. The van der Waals surface area contributed by atoms with E-state index >= 15 is 0 Å². The van der Waals surface area contributed by atoms with Crippen molar-refractivity contribution in [1.29, 1.82) is 0 Å². The number of sulfonamides is 1. The third-order valence-corrected chi connectivity index (χ3v) is 5.84.